The van der Waals surface area contributed by atoms with Gasteiger partial charge in [0.2, 0.25) is 0 Å². The zero-order chi connectivity index (χ0) is 15.4. The van der Waals surface area contributed by atoms with Crippen LogP contribution in [0.4, 0.5) is 14.5 Å². The fraction of sp³-hybridized carbons (Fsp3) is 0.250. The zero-order valence-electron chi connectivity index (χ0n) is 12.1. The molecular weight excluding hydrogens is 274 g/mol. The van der Waals surface area contributed by atoms with E-state index in [0.29, 0.717) is 24.3 Å². The summed E-state index contributed by atoms with van der Waals surface area (Å²) in [5.74, 6) is -1.47. The molecule has 0 saturated heterocycles. The van der Waals surface area contributed by atoms with Gasteiger partial charge in [-0.15, -0.1) is 0 Å². The Kier molecular flexibility index (Phi) is 4.75. The Morgan fingerprint density at radius 2 is 1.76 bits per heavy atom. The summed E-state index contributed by atoms with van der Waals surface area (Å²) in [6.07, 6.45) is 0.421. The minimum Gasteiger partial charge on any atom is -0.451 e. The topological polar surface area (TPSA) is 38.5 Å². The van der Waals surface area contributed by atoms with Gasteiger partial charge in [-0.2, -0.15) is 0 Å². The second-order valence-electron chi connectivity index (χ2n) is 4.92. The third kappa shape index (κ3) is 3.70. The lowest BCUT2D eigenvalue weighted by Gasteiger charge is -2.14. The monoisotopic (exact) mass is 292 g/mol. The van der Waals surface area contributed by atoms with Gasteiger partial charge < -0.3 is 15.4 Å². The van der Waals surface area contributed by atoms with Gasteiger partial charge in [0.15, 0.2) is 17.4 Å². The van der Waals surface area contributed by atoms with Gasteiger partial charge in [0, 0.05) is 25.8 Å². The quantitative estimate of drug-likeness (QED) is 0.918. The first-order chi connectivity index (χ1) is 10.0. The van der Waals surface area contributed by atoms with Crippen LogP contribution in [0.1, 0.15) is 5.56 Å². The van der Waals surface area contributed by atoms with Crippen LogP contribution in [0.25, 0.3) is 0 Å². The van der Waals surface area contributed by atoms with E-state index in [1.54, 1.807) is 18.2 Å². The fourth-order valence-electron chi connectivity index (χ4n) is 1.96. The van der Waals surface area contributed by atoms with Gasteiger partial charge in [-0.05, 0) is 42.8 Å². The molecule has 0 heterocycles. The van der Waals surface area contributed by atoms with E-state index in [9.17, 15) is 8.78 Å². The van der Waals surface area contributed by atoms with Crippen LogP contribution in [-0.2, 0) is 6.42 Å². The molecule has 2 rings (SSSR count). The second kappa shape index (κ2) is 6.54. The molecular formula is C16H18F2N2O. The molecule has 2 aromatic rings. The predicted molar refractivity (Wildman–Crippen MR) is 80.0 cm³/mol. The van der Waals surface area contributed by atoms with Crippen molar-refractivity contribution in [1.29, 1.82) is 0 Å². The Balaban J connectivity index is 2.29. The number of rotatable bonds is 5. The summed E-state index contributed by atoms with van der Waals surface area (Å²) in [5.41, 5.74) is 6.78. The standard InChI is InChI=1S/C16H18F2N2O/c1-20(2)12-4-3-5-13(10-12)21-16-14(17)8-11(6-7-19)9-15(16)18/h3-5,8-10H,6-7,19H2,1-2H3. The van der Waals surface area contributed by atoms with Crippen molar-refractivity contribution in [3.05, 3.63) is 53.6 Å². The first kappa shape index (κ1) is 15.3. The van der Waals surface area contributed by atoms with Crippen LogP contribution < -0.4 is 15.4 Å². The third-order valence-electron chi connectivity index (χ3n) is 3.05. The first-order valence-electron chi connectivity index (χ1n) is 6.64. The molecule has 0 saturated carbocycles. The number of anilines is 1. The average molecular weight is 292 g/mol. The number of ether oxygens (including phenoxy) is 1. The molecule has 0 bridgehead atoms. The molecule has 0 radical (unpaired) electrons. The lowest BCUT2D eigenvalue weighted by atomic mass is 10.1. The maximum Gasteiger partial charge on any atom is 0.198 e. The highest BCUT2D eigenvalue weighted by atomic mass is 19.1. The van der Waals surface area contributed by atoms with Crippen LogP contribution in [0.5, 0.6) is 11.5 Å². The van der Waals surface area contributed by atoms with Crippen molar-refractivity contribution < 1.29 is 13.5 Å². The van der Waals surface area contributed by atoms with E-state index in [0.717, 1.165) is 5.69 Å². The number of nitrogens with two attached hydrogens (primary N) is 1. The largest absolute Gasteiger partial charge is 0.451 e. The van der Waals surface area contributed by atoms with Gasteiger partial charge in [0.25, 0.3) is 0 Å². The molecule has 0 aliphatic rings. The molecule has 0 amide bonds. The minimum atomic E-state index is -0.728. The molecule has 5 heteroatoms. The summed E-state index contributed by atoms with van der Waals surface area (Å²) in [6, 6.07) is 9.52. The van der Waals surface area contributed by atoms with E-state index in [4.69, 9.17) is 10.5 Å². The van der Waals surface area contributed by atoms with Crippen LogP contribution in [0.2, 0.25) is 0 Å². The smallest absolute Gasteiger partial charge is 0.198 e. The Hall–Kier alpha value is -2.14. The summed E-state index contributed by atoms with van der Waals surface area (Å²) in [5, 5.41) is 0. The average Bonchev–Trinajstić information content (AvgIpc) is 2.43. The van der Waals surface area contributed by atoms with Crippen LogP contribution >= 0.6 is 0 Å². The Morgan fingerprint density at radius 1 is 1.10 bits per heavy atom. The van der Waals surface area contributed by atoms with Gasteiger partial charge in [-0.1, -0.05) is 6.07 Å². The second-order valence-corrected chi connectivity index (χ2v) is 4.92. The highest BCUT2D eigenvalue weighted by Gasteiger charge is 2.14. The van der Waals surface area contributed by atoms with Gasteiger partial charge in [0.05, 0.1) is 0 Å². The molecule has 21 heavy (non-hydrogen) atoms. The number of halogens is 2. The lowest BCUT2D eigenvalue weighted by molar-refractivity contribution is 0.406. The van der Waals surface area contributed by atoms with E-state index in [2.05, 4.69) is 0 Å². The maximum absolute atomic E-state index is 14.0. The van der Waals surface area contributed by atoms with E-state index < -0.39 is 17.4 Å². The summed E-state index contributed by atoms with van der Waals surface area (Å²) in [6.45, 7) is 0.337. The van der Waals surface area contributed by atoms with Crippen molar-refractivity contribution in [2.75, 3.05) is 25.5 Å². The Labute approximate surface area is 122 Å². The summed E-state index contributed by atoms with van der Waals surface area (Å²) >= 11 is 0. The summed E-state index contributed by atoms with van der Waals surface area (Å²) in [4.78, 5) is 1.88. The molecule has 112 valence electrons. The van der Waals surface area contributed by atoms with Crippen molar-refractivity contribution in [2.24, 2.45) is 5.73 Å². The summed E-state index contributed by atoms with van der Waals surface area (Å²) in [7, 11) is 3.75. The Bertz CT molecular complexity index is 606. The van der Waals surface area contributed by atoms with E-state index in [-0.39, 0.29) is 0 Å². The zero-order valence-corrected chi connectivity index (χ0v) is 12.1. The molecule has 2 aromatic carbocycles. The SMILES string of the molecule is CN(C)c1cccc(Oc2c(F)cc(CCN)cc2F)c1. The number of hydrogen-bond acceptors (Lipinski definition) is 3. The molecule has 0 aliphatic carbocycles. The third-order valence-corrected chi connectivity index (χ3v) is 3.05. The van der Waals surface area contributed by atoms with Crippen molar-refractivity contribution in [1.82, 2.24) is 0 Å². The van der Waals surface area contributed by atoms with Crippen LogP contribution in [0.3, 0.4) is 0 Å². The molecule has 0 spiro atoms. The molecule has 0 aromatic heterocycles. The van der Waals surface area contributed by atoms with Gasteiger partial charge in [0.1, 0.15) is 5.75 Å². The highest BCUT2D eigenvalue weighted by Crippen LogP contribution is 2.30. The molecule has 0 atom stereocenters. The molecule has 0 unspecified atom stereocenters. The van der Waals surface area contributed by atoms with Crippen LogP contribution in [-0.4, -0.2) is 20.6 Å². The van der Waals surface area contributed by atoms with Gasteiger partial charge in [-0.25, -0.2) is 8.78 Å². The Morgan fingerprint density at radius 3 is 2.33 bits per heavy atom. The lowest BCUT2D eigenvalue weighted by Crippen LogP contribution is -2.08. The highest BCUT2D eigenvalue weighted by molar-refractivity contribution is 5.50. The normalized spacial score (nSPS) is 10.5. The fourth-order valence-corrected chi connectivity index (χ4v) is 1.96. The van der Waals surface area contributed by atoms with Crippen LogP contribution in [0, 0.1) is 11.6 Å². The molecule has 3 nitrogen and oxygen atoms in total. The van der Waals surface area contributed by atoms with Crippen molar-refractivity contribution in [3.8, 4) is 11.5 Å². The van der Waals surface area contributed by atoms with Crippen molar-refractivity contribution in [3.63, 3.8) is 0 Å². The molecule has 2 N–H and O–H groups in total. The number of nitrogens with zero attached hydrogens (tertiary/aromatic N) is 1. The summed E-state index contributed by atoms with van der Waals surface area (Å²) < 4.78 is 33.3. The van der Waals surface area contributed by atoms with E-state index >= 15 is 0 Å². The van der Waals surface area contributed by atoms with Gasteiger partial charge in [-0.3, -0.25) is 0 Å². The maximum atomic E-state index is 14.0. The molecule has 0 fully saturated rings. The van der Waals surface area contributed by atoms with E-state index in [1.807, 2.05) is 25.1 Å². The first-order valence-corrected chi connectivity index (χ1v) is 6.64. The number of benzene rings is 2. The minimum absolute atomic E-state index is 0.337. The van der Waals surface area contributed by atoms with Crippen molar-refractivity contribution in [2.45, 2.75) is 6.42 Å². The molecule has 0 aliphatic heterocycles. The van der Waals surface area contributed by atoms with Crippen LogP contribution in [0.15, 0.2) is 36.4 Å². The van der Waals surface area contributed by atoms with Gasteiger partial charge >= 0.3 is 0 Å². The van der Waals surface area contributed by atoms with Crippen molar-refractivity contribution >= 4 is 5.69 Å². The van der Waals surface area contributed by atoms with E-state index in [1.165, 1.54) is 12.1 Å². The predicted octanol–water partition coefficient (Wildman–Crippen LogP) is 3.32. The number of hydrogen-bond donors (Lipinski definition) is 1.